The van der Waals surface area contributed by atoms with E-state index in [0.29, 0.717) is 11.8 Å². The van der Waals surface area contributed by atoms with Gasteiger partial charge in [-0.25, -0.2) is 0 Å². The zero-order chi connectivity index (χ0) is 11.8. The lowest BCUT2D eigenvalue weighted by Crippen LogP contribution is -2.01. The van der Waals surface area contributed by atoms with E-state index in [1.54, 1.807) is 0 Å². The number of rotatable bonds is 7. The van der Waals surface area contributed by atoms with E-state index in [1.807, 2.05) is 11.8 Å². The predicted octanol–water partition coefficient (Wildman–Crippen LogP) is 5.30. The summed E-state index contributed by atoms with van der Waals surface area (Å²) in [5.74, 6) is 3.67. The quantitative estimate of drug-likeness (QED) is 0.485. The highest BCUT2D eigenvalue weighted by atomic mass is 79.9. The van der Waals surface area contributed by atoms with Gasteiger partial charge in [-0.15, -0.1) is 11.6 Å². The Morgan fingerprint density at radius 3 is 2.88 bits per heavy atom. The third-order valence-electron chi connectivity index (χ3n) is 2.55. The molecule has 0 radical (unpaired) electrons. The molecule has 3 heteroatoms. The van der Waals surface area contributed by atoms with Crippen molar-refractivity contribution in [2.24, 2.45) is 0 Å². The molecule has 1 aromatic rings. The molecule has 1 aromatic carbocycles. The molecule has 0 saturated carbocycles. The first-order valence-electron chi connectivity index (χ1n) is 5.67. The average Bonchev–Trinajstić information content (AvgIpc) is 2.29. The number of alkyl halides is 1. The summed E-state index contributed by atoms with van der Waals surface area (Å²) in [5, 5.41) is 0. The Labute approximate surface area is 116 Å². The van der Waals surface area contributed by atoms with E-state index in [9.17, 15) is 0 Å². The monoisotopic (exact) mass is 320 g/mol. The van der Waals surface area contributed by atoms with Gasteiger partial charge < -0.3 is 0 Å². The van der Waals surface area contributed by atoms with E-state index in [1.165, 1.54) is 29.9 Å². The van der Waals surface area contributed by atoms with Crippen molar-refractivity contribution in [1.82, 2.24) is 0 Å². The van der Waals surface area contributed by atoms with Gasteiger partial charge >= 0.3 is 0 Å². The molecule has 16 heavy (non-hydrogen) atoms. The minimum Gasteiger partial charge on any atom is -0.162 e. The molecule has 0 aliphatic heterocycles. The molecule has 0 spiro atoms. The molecule has 0 amide bonds. The molecule has 1 unspecified atom stereocenters. The molecular formula is C13H18BrClS. The summed E-state index contributed by atoms with van der Waals surface area (Å²) < 4.78 is 1.14. The highest BCUT2D eigenvalue weighted by molar-refractivity contribution is 9.10. The topological polar surface area (TPSA) is 0 Å². The average molecular weight is 322 g/mol. The van der Waals surface area contributed by atoms with Crippen LogP contribution in [-0.2, 0) is 0 Å². The van der Waals surface area contributed by atoms with Crippen LogP contribution in [0.1, 0.15) is 31.2 Å². The van der Waals surface area contributed by atoms with Gasteiger partial charge in [-0.2, -0.15) is 11.8 Å². The molecule has 1 rings (SSSR count). The molecule has 0 nitrogen and oxygen atoms in total. The SMILES string of the molecule is CCSCCCC(CCl)c1cccc(Br)c1. The van der Waals surface area contributed by atoms with Crippen LogP contribution in [0.4, 0.5) is 0 Å². The van der Waals surface area contributed by atoms with Crippen LogP contribution in [0.3, 0.4) is 0 Å². The van der Waals surface area contributed by atoms with Crippen LogP contribution in [0.2, 0.25) is 0 Å². The number of benzene rings is 1. The maximum absolute atomic E-state index is 6.05. The Morgan fingerprint density at radius 1 is 1.44 bits per heavy atom. The number of halogens is 2. The first-order chi connectivity index (χ1) is 7.77. The minimum absolute atomic E-state index is 0.497. The molecule has 0 saturated heterocycles. The number of hydrogen-bond donors (Lipinski definition) is 0. The van der Waals surface area contributed by atoms with Crippen LogP contribution < -0.4 is 0 Å². The highest BCUT2D eigenvalue weighted by Crippen LogP contribution is 2.26. The third kappa shape index (κ3) is 5.11. The first-order valence-corrected chi connectivity index (χ1v) is 8.15. The fourth-order valence-corrected chi connectivity index (χ4v) is 3.08. The Kier molecular flexibility index (Phi) is 7.59. The summed E-state index contributed by atoms with van der Waals surface area (Å²) in [6, 6.07) is 8.49. The zero-order valence-electron chi connectivity index (χ0n) is 9.59. The van der Waals surface area contributed by atoms with Gasteiger partial charge in [0.1, 0.15) is 0 Å². The van der Waals surface area contributed by atoms with Crippen LogP contribution in [-0.4, -0.2) is 17.4 Å². The van der Waals surface area contributed by atoms with Gasteiger partial charge in [0.25, 0.3) is 0 Å². The molecule has 1 atom stereocenters. The summed E-state index contributed by atoms with van der Waals surface area (Å²) >= 11 is 11.6. The van der Waals surface area contributed by atoms with Crippen LogP contribution in [0, 0.1) is 0 Å². The number of thioether (sulfide) groups is 1. The number of hydrogen-bond acceptors (Lipinski definition) is 1. The van der Waals surface area contributed by atoms with Gasteiger partial charge in [0.15, 0.2) is 0 Å². The van der Waals surface area contributed by atoms with E-state index in [4.69, 9.17) is 11.6 Å². The van der Waals surface area contributed by atoms with Gasteiger partial charge in [-0.3, -0.25) is 0 Å². The summed E-state index contributed by atoms with van der Waals surface area (Å²) in [7, 11) is 0. The molecular weight excluding hydrogens is 304 g/mol. The smallest absolute Gasteiger partial charge is 0.0292 e. The van der Waals surface area contributed by atoms with Gasteiger partial charge in [-0.05, 0) is 48.0 Å². The molecule has 0 aliphatic rings. The van der Waals surface area contributed by atoms with Crippen LogP contribution >= 0.6 is 39.3 Å². The van der Waals surface area contributed by atoms with Gasteiger partial charge in [0.05, 0.1) is 0 Å². The van der Waals surface area contributed by atoms with Gasteiger partial charge in [-0.1, -0.05) is 35.0 Å². The minimum atomic E-state index is 0.497. The molecule has 0 fully saturated rings. The van der Waals surface area contributed by atoms with Crippen molar-refractivity contribution >= 4 is 39.3 Å². The summed E-state index contributed by atoms with van der Waals surface area (Å²) in [6.45, 7) is 2.21. The van der Waals surface area contributed by atoms with Gasteiger partial charge in [0.2, 0.25) is 0 Å². The summed E-state index contributed by atoms with van der Waals surface area (Å²) in [6.07, 6.45) is 2.44. The zero-order valence-corrected chi connectivity index (χ0v) is 12.7. The standard InChI is InChI=1S/C13H18BrClS/c1-2-16-8-4-6-12(10-15)11-5-3-7-13(14)9-11/h3,5,7,9,12H,2,4,6,8,10H2,1H3. The van der Waals surface area contributed by atoms with E-state index in [2.05, 4.69) is 47.1 Å². The van der Waals surface area contributed by atoms with E-state index in [0.717, 1.165) is 4.47 Å². The fraction of sp³-hybridized carbons (Fsp3) is 0.538. The van der Waals surface area contributed by atoms with Gasteiger partial charge in [0, 0.05) is 10.4 Å². The Hall–Kier alpha value is 0.340. The second kappa shape index (κ2) is 8.43. The van der Waals surface area contributed by atoms with Crippen molar-refractivity contribution < 1.29 is 0 Å². The molecule has 0 aromatic heterocycles. The van der Waals surface area contributed by atoms with E-state index >= 15 is 0 Å². The molecule has 90 valence electrons. The lowest BCUT2D eigenvalue weighted by molar-refractivity contribution is 0.674. The maximum atomic E-state index is 6.05. The van der Waals surface area contributed by atoms with Crippen LogP contribution in [0.15, 0.2) is 28.7 Å². The van der Waals surface area contributed by atoms with Crippen molar-refractivity contribution in [3.63, 3.8) is 0 Å². The lowest BCUT2D eigenvalue weighted by Gasteiger charge is -2.14. The first kappa shape index (κ1) is 14.4. The summed E-state index contributed by atoms with van der Waals surface area (Å²) in [4.78, 5) is 0. The van der Waals surface area contributed by atoms with Crippen LogP contribution in [0.25, 0.3) is 0 Å². The lowest BCUT2D eigenvalue weighted by atomic mass is 9.96. The Balaban J connectivity index is 2.47. The highest BCUT2D eigenvalue weighted by Gasteiger charge is 2.10. The normalized spacial score (nSPS) is 12.7. The van der Waals surface area contributed by atoms with E-state index < -0.39 is 0 Å². The van der Waals surface area contributed by atoms with Crippen molar-refractivity contribution in [3.8, 4) is 0 Å². The molecule has 0 bridgehead atoms. The second-order valence-electron chi connectivity index (χ2n) is 3.75. The van der Waals surface area contributed by atoms with Crippen molar-refractivity contribution in [1.29, 1.82) is 0 Å². The largest absolute Gasteiger partial charge is 0.162 e. The fourth-order valence-electron chi connectivity index (χ4n) is 1.67. The van der Waals surface area contributed by atoms with Crippen molar-refractivity contribution in [2.45, 2.75) is 25.7 Å². The molecule has 0 aliphatic carbocycles. The molecule has 0 N–H and O–H groups in total. The Morgan fingerprint density at radius 2 is 2.25 bits per heavy atom. The predicted molar refractivity (Wildman–Crippen MR) is 79.8 cm³/mol. The van der Waals surface area contributed by atoms with Crippen LogP contribution in [0.5, 0.6) is 0 Å². The summed E-state index contributed by atoms with van der Waals surface area (Å²) in [5.41, 5.74) is 1.35. The van der Waals surface area contributed by atoms with Crippen molar-refractivity contribution in [2.75, 3.05) is 17.4 Å². The second-order valence-corrected chi connectivity index (χ2v) is 6.36. The Bertz CT molecular complexity index is 304. The van der Waals surface area contributed by atoms with E-state index in [-0.39, 0.29) is 0 Å². The molecule has 0 heterocycles. The third-order valence-corrected chi connectivity index (χ3v) is 4.40. The maximum Gasteiger partial charge on any atom is 0.0292 e. The van der Waals surface area contributed by atoms with Crippen molar-refractivity contribution in [3.05, 3.63) is 34.3 Å².